The predicted molar refractivity (Wildman–Crippen MR) is 46.0 cm³/mol. The molecule has 0 atom stereocenters. The standard InChI is InChI=1S/C8H8BF3O2/c1-13-9(14-8(10,11)12)7-5-3-2-4-6-7/h2-6H,1H3. The van der Waals surface area contributed by atoms with Gasteiger partial charge in [0.25, 0.3) is 0 Å². The highest BCUT2D eigenvalue weighted by molar-refractivity contribution is 6.61. The molecule has 0 amide bonds. The Morgan fingerprint density at radius 1 is 1.14 bits per heavy atom. The SMILES string of the molecule is COB(OC(F)(F)F)c1ccccc1. The maximum atomic E-state index is 11.9. The molecule has 2 nitrogen and oxygen atoms in total. The van der Waals surface area contributed by atoms with E-state index in [1.807, 2.05) is 0 Å². The van der Waals surface area contributed by atoms with Crippen LogP contribution in [0.3, 0.4) is 0 Å². The van der Waals surface area contributed by atoms with Crippen LogP contribution in [0.25, 0.3) is 0 Å². The van der Waals surface area contributed by atoms with E-state index in [0.29, 0.717) is 5.46 Å². The molecule has 0 aromatic heterocycles. The fourth-order valence-electron chi connectivity index (χ4n) is 0.984. The maximum absolute atomic E-state index is 11.9. The number of alkyl halides is 3. The van der Waals surface area contributed by atoms with Crippen LogP contribution in [-0.2, 0) is 9.31 Å². The molecule has 0 bridgehead atoms. The van der Waals surface area contributed by atoms with Gasteiger partial charge < -0.3 is 9.31 Å². The quantitative estimate of drug-likeness (QED) is 0.695. The minimum atomic E-state index is -4.70. The van der Waals surface area contributed by atoms with Crippen molar-refractivity contribution in [1.29, 1.82) is 0 Å². The van der Waals surface area contributed by atoms with Gasteiger partial charge in [-0.2, -0.15) is 0 Å². The zero-order valence-corrected chi connectivity index (χ0v) is 7.41. The molecule has 14 heavy (non-hydrogen) atoms. The van der Waals surface area contributed by atoms with Crippen LogP contribution in [0.2, 0.25) is 0 Å². The second-order valence-corrected chi connectivity index (χ2v) is 2.54. The maximum Gasteiger partial charge on any atom is 0.510 e. The molecule has 1 rings (SSSR count). The van der Waals surface area contributed by atoms with Gasteiger partial charge in [-0.15, -0.1) is 13.2 Å². The van der Waals surface area contributed by atoms with E-state index in [0.717, 1.165) is 7.11 Å². The molecule has 0 aliphatic rings. The third kappa shape index (κ3) is 3.39. The number of benzene rings is 1. The van der Waals surface area contributed by atoms with E-state index in [1.54, 1.807) is 18.2 Å². The highest BCUT2D eigenvalue weighted by atomic mass is 19.4. The molecular formula is C8H8BF3O2. The zero-order valence-electron chi connectivity index (χ0n) is 7.41. The van der Waals surface area contributed by atoms with E-state index in [4.69, 9.17) is 0 Å². The van der Waals surface area contributed by atoms with Gasteiger partial charge in [-0.05, 0) is 5.46 Å². The average molecular weight is 204 g/mol. The summed E-state index contributed by atoms with van der Waals surface area (Å²) in [6.45, 7) is 0. The van der Waals surface area contributed by atoms with Crippen LogP contribution in [-0.4, -0.2) is 20.6 Å². The van der Waals surface area contributed by atoms with Crippen molar-refractivity contribution in [1.82, 2.24) is 0 Å². The van der Waals surface area contributed by atoms with Gasteiger partial charge in [-0.1, -0.05) is 30.3 Å². The molecule has 0 saturated carbocycles. The number of halogens is 3. The molecule has 0 spiro atoms. The molecule has 1 aromatic carbocycles. The van der Waals surface area contributed by atoms with Crippen molar-refractivity contribution in [2.24, 2.45) is 0 Å². The van der Waals surface area contributed by atoms with Crippen molar-refractivity contribution in [3.05, 3.63) is 30.3 Å². The number of hydrogen-bond donors (Lipinski definition) is 0. The van der Waals surface area contributed by atoms with Crippen LogP contribution >= 0.6 is 0 Å². The molecule has 0 aliphatic carbocycles. The summed E-state index contributed by atoms with van der Waals surface area (Å²) in [6, 6.07) is 7.92. The monoisotopic (exact) mass is 204 g/mol. The summed E-state index contributed by atoms with van der Waals surface area (Å²) in [5.74, 6) is 0. The van der Waals surface area contributed by atoms with Crippen molar-refractivity contribution < 1.29 is 22.5 Å². The van der Waals surface area contributed by atoms with Crippen molar-refractivity contribution >= 4 is 12.6 Å². The molecule has 0 fully saturated rings. The molecule has 0 heterocycles. The first-order chi connectivity index (χ1) is 6.53. The number of rotatable bonds is 3. The van der Waals surface area contributed by atoms with Crippen molar-refractivity contribution in [3.63, 3.8) is 0 Å². The minimum Gasteiger partial charge on any atom is -0.410 e. The highest BCUT2D eigenvalue weighted by Gasteiger charge is 2.37. The number of hydrogen-bond acceptors (Lipinski definition) is 2. The first-order valence-corrected chi connectivity index (χ1v) is 3.85. The Labute approximate surface area is 79.8 Å². The van der Waals surface area contributed by atoms with Gasteiger partial charge in [0.2, 0.25) is 0 Å². The van der Waals surface area contributed by atoms with Gasteiger partial charge >= 0.3 is 13.5 Å². The van der Waals surface area contributed by atoms with Crippen molar-refractivity contribution in [3.8, 4) is 0 Å². The predicted octanol–water partition coefficient (Wildman–Crippen LogP) is 1.56. The van der Waals surface area contributed by atoms with E-state index in [2.05, 4.69) is 9.31 Å². The molecule has 0 N–H and O–H groups in total. The summed E-state index contributed by atoms with van der Waals surface area (Å²) in [5.41, 5.74) is 0.326. The molecule has 0 saturated heterocycles. The molecule has 76 valence electrons. The van der Waals surface area contributed by atoms with Crippen molar-refractivity contribution in [2.45, 2.75) is 6.36 Å². The van der Waals surface area contributed by atoms with E-state index >= 15 is 0 Å². The zero-order chi connectivity index (χ0) is 10.6. The van der Waals surface area contributed by atoms with Gasteiger partial charge in [0.05, 0.1) is 0 Å². The van der Waals surface area contributed by atoms with Gasteiger partial charge in [-0.3, -0.25) is 0 Å². The lowest BCUT2D eigenvalue weighted by molar-refractivity contribution is -0.282. The van der Waals surface area contributed by atoms with E-state index in [-0.39, 0.29) is 0 Å². The molecule has 0 unspecified atom stereocenters. The second-order valence-electron chi connectivity index (χ2n) is 2.54. The Balaban J connectivity index is 2.73. The largest absolute Gasteiger partial charge is 0.510 e. The lowest BCUT2D eigenvalue weighted by Crippen LogP contribution is -2.40. The van der Waals surface area contributed by atoms with Gasteiger partial charge in [0.15, 0.2) is 0 Å². The molecule has 0 aliphatic heterocycles. The smallest absolute Gasteiger partial charge is 0.410 e. The fraction of sp³-hybridized carbons (Fsp3) is 0.250. The van der Waals surface area contributed by atoms with Crippen LogP contribution in [0, 0.1) is 0 Å². The summed E-state index contributed by atoms with van der Waals surface area (Å²) in [6.07, 6.45) is -4.70. The van der Waals surface area contributed by atoms with Gasteiger partial charge in [-0.25, -0.2) is 0 Å². The Bertz CT molecular complexity index is 276. The third-order valence-corrected chi connectivity index (χ3v) is 1.53. The minimum absolute atomic E-state index is 0.326. The molecule has 6 heteroatoms. The Morgan fingerprint density at radius 2 is 1.71 bits per heavy atom. The normalized spacial score (nSPS) is 11.4. The summed E-state index contributed by atoms with van der Waals surface area (Å²) in [4.78, 5) is 0. The summed E-state index contributed by atoms with van der Waals surface area (Å²) >= 11 is 0. The summed E-state index contributed by atoms with van der Waals surface area (Å²) in [5, 5.41) is 0. The fourth-order valence-corrected chi connectivity index (χ4v) is 0.984. The highest BCUT2D eigenvalue weighted by Crippen LogP contribution is 2.17. The van der Waals surface area contributed by atoms with Gasteiger partial charge in [0, 0.05) is 7.11 Å². The first-order valence-electron chi connectivity index (χ1n) is 3.85. The Hall–Kier alpha value is -1.01. The Morgan fingerprint density at radius 3 is 2.14 bits per heavy atom. The van der Waals surface area contributed by atoms with Crippen LogP contribution < -0.4 is 5.46 Å². The van der Waals surface area contributed by atoms with E-state index in [1.165, 1.54) is 12.1 Å². The third-order valence-electron chi connectivity index (χ3n) is 1.53. The Kier molecular flexibility index (Phi) is 3.54. The summed E-state index contributed by atoms with van der Waals surface area (Å²) < 4.78 is 43.9. The first kappa shape index (κ1) is 11.1. The molecule has 1 aromatic rings. The second kappa shape index (κ2) is 4.48. The van der Waals surface area contributed by atoms with Crippen LogP contribution in [0.1, 0.15) is 0 Å². The average Bonchev–Trinajstić information content (AvgIpc) is 2.14. The van der Waals surface area contributed by atoms with Crippen LogP contribution in [0.15, 0.2) is 30.3 Å². The van der Waals surface area contributed by atoms with Crippen molar-refractivity contribution in [2.75, 3.05) is 7.11 Å². The topological polar surface area (TPSA) is 18.5 Å². The van der Waals surface area contributed by atoms with Gasteiger partial charge in [0.1, 0.15) is 0 Å². The molecule has 0 radical (unpaired) electrons. The lowest BCUT2D eigenvalue weighted by atomic mass is 9.79. The molecular weight excluding hydrogens is 196 g/mol. The van der Waals surface area contributed by atoms with Crippen LogP contribution in [0.4, 0.5) is 13.2 Å². The van der Waals surface area contributed by atoms with E-state index < -0.39 is 13.5 Å². The van der Waals surface area contributed by atoms with Crippen LogP contribution in [0.5, 0.6) is 0 Å². The summed E-state index contributed by atoms with van der Waals surface area (Å²) in [7, 11) is -0.250. The van der Waals surface area contributed by atoms with E-state index in [9.17, 15) is 13.2 Å². The lowest BCUT2D eigenvalue weighted by Gasteiger charge is -2.13.